The van der Waals surface area contributed by atoms with Crippen molar-refractivity contribution in [1.82, 2.24) is 9.78 Å². The van der Waals surface area contributed by atoms with Crippen molar-refractivity contribution in [2.45, 2.75) is 80.5 Å². The minimum atomic E-state index is -3.60. The van der Waals surface area contributed by atoms with Gasteiger partial charge in [-0.05, 0) is 56.5 Å². The molecule has 1 aromatic carbocycles. The van der Waals surface area contributed by atoms with Gasteiger partial charge in [0.2, 0.25) is 0 Å². The molecule has 2 atom stereocenters. The third-order valence-corrected chi connectivity index (χ3v) is 11.3. The van der Waals surface area contributed by atoms with Crippen molar-refractivity contribution in [1.29, 1.82) is 0 Å². The van der Waals surface area contributed by atoms with E-state index in [0.717, 1.165) is 17.3 Å². The number of hydrogen-bond acceptors (Lipinski definition) is 7. The normalized spacial score (nSPS) is 24.8. The van der Waals surface area contributed by atoms with Gasteiger partial charge in [-0.15, -0.1) is 0 Å². The molecule has 0 aliphatic carbocycles. The first-order chi connectivity index (χ1) is 16.3. The second-order valence-electron chi connectivity index (χ2n) is 11.4. The highest BCUT2D eigenvalue weighted by Crippen LogP contribution is 2.43. The molecule has 1 aromatic heterocycles. The Morgan fingerprint density at radius 2 is 2.00 bits per heavy atom. The van der Waals surface area contributed by atoms with E-state index in [1.54, 1.807) is 29.8 Å². The topological polar surface area (TPSA) is 99.9 Å². The number of sulfone groups is 1. The maximum absolute atomic E-state index is 13.7. The van der Waals surface area contributed by atoms with Crippen LogP contribution in [0.15, 0.2) is 35.2 Å². The summed E-state index contributed by atoms with van der Waals surface area (Å²) in [5.41, 5.74) is 1.00. The van der Waals surface area contributed by atoms with E-state index in [1.807, 2.05) is 19.1 Å². The van der Waals surface area contributed by atoms with E-state index in [0.29, 0.717) is 30.2 Å². The lowest BCUT2D eigenvalue weighted by molar-refractivity contribution is -0.187. The molecule has 2 fully saturated rings. The number of hydrogen-bond donors (Lipinski definition) is 1. The Bertz CT molecular complexity index is 1150. The molecule has 4 rings (SSSR count). The standard InChI is InChI=1S/C25H38N2O6SSi/c1-19-7-6-8-20(13-19)34(29,30)24(2)9-10-33-22(15-24)21-14-23(25(28)16-32-17-25)26-27(21)18-31-11-12-35(3,4)5/h6-8,13-14,22,28H,9-12,15-18H2,1-5H3. The molecule has 194 valence electrons. The van der Waals surface area contributed by atoms with E-state index in [9.17, 15) is 13.5 Å². The van der Waals surface area contributed by atoms with Crippen LogP contribution in [0.3, 0.4) is 0 Å². The molecule has 0 spiro atoms. The van der Waals surface area contributed by atoms with E-state index in [1.165, 1.54) is 0 Å². The molecule has 0 saturated carbocycles. The van der Waals surface area contributed by atoms with Gasteiger partial charge in [0.05, 0.1) is 34.2 Å². The summed E-state index contributed by atoms with van der Waals surface area (Å²) in [5.74, 6) is 0. The van der Waals surface area contributed by atoms with Gasteiger partial charge >= 0.3 is 0 Å². The fourth-order valence-electron chi connectivity index (χ4n) is 4.47. The quantitative estimate of drug-likeness (QED) is 0.395. The number of benzene rings is 1. The molecule has 2 unspecified atom stereocenters. The second-order valence-corrected chi connectivity index (χ2v) is 19.5. The summed E-state index contributed by atoms with van der Waals surface area (Å²) in [5, 5.41) is 15.5. The van der Waals surface area contributed by atoms with Crippen LogP contribution in [0.2, 0.25) is 25.7 Å². The first-order valence-corrected chi connectivity index (χ1v) is 17.4. The van der Waals surface area contributed by atoms with Gasteiger partial charge in [-0.1, -0.05) is 31.8 Å². The van der Waals surface area contributed by atoms with Crippen LogP contribution in [0.5, 0.6) is 0 Å². The van der Waals surface area contributed by atoms with Gasteiger partial charge in [-0.25, -0.2) is 13.1 Å². The van der Waals surface area contributed by atoms with Crippen molar-refractivity contribution in [3.63, 3.8) is 0 Å². The number of nitrogens with zero attached hydrogens (tertiary/aromatic N) is 2. The van der Waals surface area contributed by atoms with Crippen molar-refractivity contribution in [2.24, 2.45) is 0 Å². The zero-order chi connectivity index (χ0) is 25.5. The van der Waals surface area contributed by atoms with E-state index in [4.69, 9.17) is 14.2 Å². The first-order valence-electron chi connectivity index (χ1n) is 12.2. The molecule has 8 nitrogen and oxygen atoms in total. The molecule has 0 radical (unpaired) electrons. The van der Waals surface area contributed by atoms with Gasteiger partial charge in [0.1, 0.15) is 12.8 Å². The summed E-state index contributed by atoms with van der Waals surface area (Å²) in [4.78, 5) is 0.338. The largest absolute Gasteiger partial charge is 0.379 e. The number of aromatic nitrogens is 2. The Kier molecular flexibility index (Phi) is 7.36. The van der Waals surface area contributed by atoms with Crippen molar-refractivity contribution < 1.29 is 27.7 Å². The summed E-state index contributed by atoms with van der Waals surface area (Å²) < 4.78 is 45.4. The van der Waals surface area contributed by atoms with Crippen molar-refractivity contribution in [3.8, 4) is 0 Å². The average Bonchev–Trinajstić information content (AvgIpc) is 3.19. The van der Waals surface area contributed by atoms with Gasteiger partial charge in [-0.3, -0.25) is 0 Å². The van der Waals surface area contributed by atoms with Crippen molar-refractivity contribution in [2.75, 3.05) is 26.4 Å². The SMILES string of the molecule is Cc1cccc(S(=O)(=O)C2(C)CCOC(c3cc(C4(O)COC4)nn3COCC[Si](C)(C)C)C2)c1. The molecule has 2 aromatic rings. The lowest BCUT2D eigenvalue weighted by Gasteiger charge is -2.37. The third kappa shape index (κ3) is 5.57. The predicted molar refractivity (Wildman–Crippen MR) is 136 cm³/mol. The molecule has 2 aliphatic heterocycles. The first kappa shape index (κ1) is 26.5. The Labute approximate surface area is 209 Å². The van der Waals surface area contributed by atoms with E-state index < -0.39 is 34.4 Å². The lowest BCUT2D eigenvalue weighted by Crippen LogP contribution is -2.46. The molecule has 2 aliphatic rings. The smallest absolute Gasteiger partial charge is 0.184 e. The molecule has 10 heteroatoms. The number of ether oxygens (including phenoxy) is 3. The third-order valence-electron chi connectivity index (χ3n) is 7.03. The monoisotopic (exact) mass is 522 g/mol. The van der Waals surface area contributed by atoms with Crippen LogP contribution in [0.1, 0.15) is 42.8 Å². The van der Waals surface area contributed by atoms with Crippen LogP contribution in [-0.2, 0) is 36.4 Å². The predicted octanol–water partition coefficient (Wildman–Crippen LogP) is 3.81. The van der Waals surface area contributed by atoms with Gasteiger partial charge in [-0.2, -0.15) is 5.10 Å². The van der Waals surface area contributed by atoms with Crippen LogP contribution in [0.4, 0.5) is 0 Å². The summed E-state index contributed by atoms with van der Waals surface area (Å²) >= 11 is 0. The maximum Gasteiger partial charge on any atom is 0.184 e. The lowest BCUT2D eigenvalue weighted by atomic mass is 9.93. The highest BCUT2D eigenvalue weighted by molar-refractivity contribution is 7.92. The average molecular weight is 523 g/mol. The molecule has 2 saturated heterocycles. The summed E-state index contributed by atoms with van der Waals surface area (Å²) in [6, 6.07) is 9.92. The molecule has 1 N–H and O–H groups in total. The minimum absolute atomic E-state index is 0.185. The highest BCUT2D eigenvalue weighted by Gasteiger charge is 2.47. The van der Waals surface area contributed by atoms with E-state index in [-0.39, 0.29) is 26.4 Å². The summed E-state index contributed by atoms with van der Waals surface area (Å²) in [6.07, 6.45) is 0.212. The number of rotatable bonds is 9. The Balaban J connectivity index is 1.60. The van der Waals surface area contributed by atoms with Crippen LogP contribution in [-0.4, -0.2) is 62.6 Å². The second kappa shape index (κ2) is 9.72. The van der Waals surface area contributed by atoms with Crippen LogP contribution in [0.25, 0.3) is 0 Å². The summed E-state index contributed by atoms with van der Waals surface area (Å²) in [6.45, 7) is 12.1. The Morgan fingerprint density at radius 3 is 2.63 bits per heavy atom. The van der Waals surface area contributed by atoms with Crippen LogP contribution < -0.4 is 0 Å². The highest BCUT2D eigenvalue weighted by atomic mass is 32.2. The molecule has 35 heavy (non-hydrogen) atoms. The Morgan fingerprint density at radius 1 is 1.26 bits per heavy atom. The molecular weight excluding hydrogens is 484 g/mol. The van der Waals surface area contributed by atoms with Gasteiger partial charge < -0.3 is 19.3 Å². The van der Waals surface area contributed by atoms with Gasteiger partial charge in [0, 0.05) is 21.3 Å². The molecular formula is C25H38N2O6SSi. The minimum Gasteiger partial charge on any atom is -0.379 e. The van der Waals surface area contributed by atoms with Gasteiger partial charge in [0.25, 0.3) is 0 Å². The fraction of sp³-hybridized carbons (Fsp3) is 0.640. The molecule has 0 bridgehead atoms. The number of aliphatic hydroxyl groups is 1. The number of aryl methyl sites for hydroxylation is 1. The van der Waals surface area contributed by atoms with Crippen molar-refractivity contribution >= 4 is 17.9 Å². The zero-order valence-electron chi connectivity index (χ0n) is 21.4. The van der Waals surface area contributed by atoms with Gasteiger partial charge in [0.15, 0.2) is 15.4 Å². The maximum atomic E-state index is 13.7. The van der Waals surface area contributed by atoms with E-state index in [2.05, 4.69) is 24.7 Å². The van der Waals surface area contributed by atoms with Crippen molar-refractivity contribution in [3.05, 3.63) is 47.3 Å². The van der Waals surface area contributed by atoms with Crippen LogP contribution >= 0.6 is 0 Å². The Hall–Kier alpha value is -1.56. The van der Waals surface area contributed by atoms with E-state index >= 15 is 0 Å². The molecule has 3 heterocycles. The summed E-state index contributed by atoms with van der Waals surface area (Å²) in [7, 11) is -4.84. The van der Waals surface area contributed by atoms with Crippen LogP contribution in [0, 0.1) is 6.92 Å². The molecule has 0 amide bonds. The zero-order valence-corrected chi connectivity index (χ0v) is 23.2. The fourth-order valence-corrected chi connectivity index (χ4v) is 7.11.